The Balaban J connectivity index is 1.95. The lowest BCUT2D eigenvalue weighted by Crippen LogP contribution is -2.09. The summed E-state index contributed by atoms with van der Waals surface area (Å²) >= 11 is 0. The van der Waals surface area contributed by atoms with Crippen molar-refractivity contribution >= 4 is 16.9 Å². The van der Waals surface area contributed by atoms with Crippen LogP contribution in [0.3, 0.4) is 0 Å². The molecular formula is C16H20O5. The van der Waals surface area contributed by atoms with Gasteiger partial charge in [0.1, 0.15) is 23.5 Å². The van der Waals surface area contributed by atoms with Crippen LogP contribution in [0, 0.1) is 5.92 Å². The second-order valence-corrected chi connectivity index (χ2v) is 5.22. The molecule has 2 rings (SSSR count). The molecule has 0 bridgehead atoms. The Morgan fingerprint density at radius 2 is 1.95 bits per heavy atom. The number of benzene rings is 1. The van der Waals surface area contributed by atoms with Crippen molar-refractivity contribution < 1.29 is 23.8 Å². The van der Waals surface area contributed by atoms with Crippen molar-refractivity contribution in [2.24, 2.45) is 5.92 Å². The highest BCUT2D eigenvalue weighted by Gasteiger charge is 2.19. The van der Waals surface area contributed by atoms with Gasteiger partial charge in [-0.1, -0.05) is 32.0 Å². The fourth-order valence-corrected chi connectivity index (χ4v) is 2.03. The molecule has 1 heterocycles. The summed E-state index contributed by atoms with van der Waals surface area (Å²) in [7, 11) is 0. The van der Waals surface area contributed by atoms with E-state index >= 15 is 0 Å². The Morgan fingerprint density at radius 1 is 1.24 bits per heavy atom. The third-order valence-electron chi connectivity index (χ3n) is 2.94. The minimum absolute atomic E-state index is 0.126. The average molecular weight is 292 g/mol. The third kappa shape index (κ3) is 4.06. The predicted molar refractivity (Wildman–Crippen MR) is 78.5 cm³/mol. The first-order valence-electron chi connectivity index (χ1n) is 6.98. The molecule has 0 radical (unpaired) electrons. The smallest absolute Gasteiger partial charge is 0.340 e. The SMILES string of the molecule is CC(C)COCCOCc1oc2ccccc2c1C(=O)O. The molecule has 5 nitrogen and oxygen atoms in total. The summed E-state index contributed by atoms with van der Waals surface area (Å²) in [5, 5.41) is 9.91. The molecular weight excluding hydrogens is 272 g/mol. The van der Waals surface area contributed by atoms with Crippen molar-refractivity contribution in [1.29, 1.82) is 0 Å². The standard InChI is InChI=1S/C16H20O5/c1-11(2)9-19-7-8-20-10-14-15(16(17)18)12-5-3-4-6-13(12)21-14/h3-6,11H,7-10H2,1-2H3,(H,17,18). The van der Waals surface area contributed by atoms with E-state index in [0.29, 0.717) is 42.5 Å². The van der Waals surface area contributed by atoms with Gasteiger partial charge in [-0.05, 0) is 12.0 Å². The van der Waals surface area contributed by atoms with Crippen LogP contribution in [0.1, 0.15) is 30.0 Å². The van der Waals surface area contributed by atoms with Gasteiger partial charge in [0.15, 0.2) is 0 Å². The van der Waals surface area contributed by atoms with Crippen LogP contribution in [0.4, 0.5) is 0 Å². The molecule has 1 N–H and O–H groups in total. The van der Waals surface area contributed by atoms with Crippen LogP contribution in [-0.4, -0.2) is 30.9 Å². The summed E-state index contributed by atoms with van der Waals surface area (Å²) in [5.41, 5.74) is 0.734. The molecule has 114 valence electrons. The highest BCUT2D eigenvalue weighted by Crippen LogP contribution is 2.26. The third-order valence-corrected chi connectivity index (χ3v) is 2.94. The Kier molecular flexibility index (Phi) is 5.36. The number of fused-ring (bicyclic) bond motifs is 1. The predicted octanol–water partition coefficient (Wildman–Crippen LogP) is 3.32. The van der Waals surface area contributed by atoms with E-state index < -0.39 is 5.97 Å². The molecule has 0 amide bonds. The summed E-state index contributed by atoms with van der Waals surface area (Å²) in [6, 6.07) is 7.07. The molecule has 0 atom stereocenters. The first kappa shape index (κ1) is 15.5. The maximum Gasteiger partial charge on any atom is 0.340 e. The molecule has 0 unspecified atom stereocenters. The topological polar surface area (TPSA) is 68.9 Å². The van der Waals surface area contributed by atoms with Crippen LogP contribution in [0.25, 0.3) is 11.0 Å². The van der Waals surface area contributed by atoms with Crippen LogP contribution in [0.5, 0.6) is 0 Å². The van der Waals surface area contributed by atoms with E-state index in [1.54, 1.807) is 18.2 Å². The molecule has 21 heavy (non-hydrogen) atoms. The molecule has 1 aromatic carbocycles. The quantitative estimate of drug-likeness (QED) is 0.756. The van der Waals surface area contributed by atoms with E-state index in [0.717, 1.165) is 0 Å². The molecule has 0 saturated heterocycles. The molecule has 0 aliphatic carbocycles. The zero-order chi connectivity index (χ0) is 15.2. The molecule has 0 aliphatic rings. The highest BCUT2D eigenvalue weighted by atomic mass is 16.5. The van der Waals surface area contributed by atoms with Gasteiger partial charge in [0, 0.05) is 12.0 Å². The van der Waals surface area contributed by atoms with Crippen LogP contribution >= 0.6 is 0 Å². The number of furan rings is 1. The second kappa shape index (κ2) is 7.24. The molecule has 5 heteroatoms. The van der Waals surface area contributed by atoms with Crippen molar-refractivity contribution in [3.8, 4) is 0 Å². The number of hydrogen-bond acceptors (Lipinski definition) is 4. The minimum Gasteiger partial charge on any atom is -0.478 e. The van der Waals surface area contributed by atoms with E-state index in [2.05, 4.69) is 13.8 Å². The normalized spacial score (nSPS) is 11.4. The maximum atomic E-state index is 11.4. The van der Waals surface area contributed by atoms with Gasteiger partial charge < -0.3 is 19.0 Å². The van der Waals surface area contributed by atoms with Crippen molar-refractivity contribution in [1.82, 2.24) is 0 Å². The summed E-state index contributed by atoms with van der Waals surface area (Å²) in [6.07, 6.45) is 0. The first-order valence-corrected chi connectivity index (χ1v) is 6.98. The fraction of sp³-hybridized carbons (Fsp3) is 0.438. The zero-order valence-corrected chi connectivity index (χ0v) is 12.3. The van der Waals surface area contributed by atoms with Crippen LogP contribution in [-0.2, 0) is 16.1 Å². The van der Waals surface area contributed by atoms with E-state index in [9.17, 15) is 9.90 Å². The lowest BCUT2D eigenvalue weighted by Gasteiger charge is -2.07. The lowest BCUT2D eigenvalue weighted by atomic mass is 10.1. The number of hydrogen-bond donors (Lipinski definition) is 1. The van der Waals surface area contributed by atoms with Crippen LogP contribution in [0.2, 0.25) is 0 Å². The fourth-order valence-electron chi connectivity index (χ4n) is 2.03. The van der Waals surface area contributed by atoms with Crippen LogP contribution < -0.4 is 0 Å². The van der Waals surface area contributed by atoms with E-state index in [1.807, 2.05) is 6.07 Å². The molecule has 0 fully saturated rings. The van der Waals surface area contributed by atoms with Gasteiger partial charge in [0.2, 0.25) is 0 Å². The molecule has 0 aliphatic heterocycles. The van der Waals surface area contributed by atoms with E-state index in [4.69, 9.17) is 13.9 Å². The number of carbonyl (C=O) groups is 1. The number of carboxylic acid groups (broad SMARTS) is 1. The first-order chi connectivity index (χ1) is 10.1. The molecule has 2 aromatic rings. The lowest BCUT2D eigenvalue weighted by molar-refractivity contribution is 0.0262. The maximum absolute atomic E-state index is 11.4. The van der Waals surface area contributed by atoms with Crippen molar-refractivity contribution in [3.05, 3.63) is 35.6 Å². The molecule has 0 saturated carbocycles. The number of carboxylic acids is 1. The number of ether oxygens (including phenoxy) is 2. The Labute approximate surface area is 123 Å². The van der Waals surface area contributed by atoms with E-state index in [1.165, 1.54) is 0 Å². The van der Waals surface area contributed by atoms with Crippen molar-refractivity contribution in [2.45, 2.75) is 20.5 Å². The zero-order valence-electron chi connectivity index (χ0n) is 12.3. The Hall–Kier alpha value is -1.85. The van der Waals surface area contributed by atoms with Crippen molar-refractivity contribution in [2.75, 3.05) is 19.8 Å². The Bertz CT molecular complexity index is 600. The summed E-state index contributed by atoms with van der Waals surface area (Å²) < 4.78 is 16.4. The van der Waals surface area contributed by atoms with E-state index in [-0.39, 0.29) is 12.2 Å². The van der Waals surface area contributed by atoms with Crippen molar-refractivity contribution in [3.63, 3.8) is 0 Å². The average Bonchev–Trinajstić information content (AvgIpc) is 2.80. The van der Waals surface area contributed by atoms with Crippen LogP contribution in [0.15, 0.2) is 28.7 Å². The second-order valence-electron chi connectivity index (χ2n) is 5.22. The Morgan fingerprint density at radius 3 is 2.67 bits per heavy atom. The summed E-state index contributed by atoms with van der Waals surface area (Å²) in [6.45, 7) is 5.86. The summed E-state index contributed by atoms with van der Waals surface area (Å²) in [4.78, 5) is 11.4. The number of para-hydroxylation sites is 1. The van der Waals surface area contributed by atoms with Gasteiger partial charge in [-0.15, -0.1) is 0 Å². The molecule has 0 spiro atoms. The largest absolute Gasteiger partial charge is 0.478 e. The minimum atomic E-state index is -1.00. The summed E-state index contributed by atoms with van der Waals surface area (Å²) in [5.74, 6) is -0.179. The number of rotatable bonds is 8. The van der Waals surface area contributed by atoms with Gasteiger partial charge in [-0.3, -0.25) is 0 Å². The highest BCUT2D eigenvalue weighted by molar-refractivity contribution is 6.03. The van der Waals surface area contributed by atoms with Gasteiger partial charge in [-0.2, -0.15) is 0 Å². The van der Waals surface area contributed by atoms with Gasteiger partial charge in [0.25, 0.3) is 0 Å². The monoisotopic (exact) mass is 292 g/mol. The molecule has 1 aromatic heterocycles. The van der Waals surface area contributed by atoms with Gasteiger partial charge in [0.05, 0.1) is 13.2 Å². The van der Waals surface area contributed by atoms with Gasteiger partial charge >= 0.3 is 5.97 Å². The number of aromatic carboxylic acids is 1. The van der Waals surface area contributed by atoms with Gasteiger partial charge in [-0.25, -0.2) is 4.79 Å².